The van der Waals surface area contributed by atoms with E-state index in [4.69, 9.17) is 0 Å². The highest BCUT2D eigenvalue weighted by Crippen LogP contribution is 2.44. The van der Waals surface area contributed by atoms with Crippen LogP contribution in [-0.4, -0.2) is 28.8 Å². The molecule has 1 aromatic heterocycles. The van der Waals surface area contributed by atoms with Crippen molar-refractivity contribution in [2.24, 2.45) is 5.92 Å². The van der Waals surface area contributed by atoms with Gasteiger partial charge in [-0.05, 0) is 24.1 Å². The lowest BCUT2D eigenvalue weighted by Crippen LogP contribution is -2.63. The van der Waals surface area contributed by atoms with Gasteiger partial charge in [-0.2, -0.15) is 5.26 Å². The molecule has 1 fully saturated rings. The molecule has 134 valence electrons. The van der Waals surface area contributed by atoms with Crippen LogP contribution in [0.25, 0.3) is 0 Å². The van der Waals surface area contributed by atoms with Crippen molar-refractivity contribution in [1.82, 2.24) is 4.98 Å². The molecule has 1 N–H and O–H groups in total. The Labute approximate surface area is 159 Å². The molecule has 2 aromatic rings. The number of nitriles is 1. The second kappa shape index (κ2) is 7.91. The van der Waals surface area contributed by atoms with Crippen molar-refractivity contribution in [2.45, 2.75) is 45.2 Å². The zero-order valence-electron chi connectivity index (χ0n) is 15.3. The molecule has 4 nitrogen and oxygen atoms in total. The van der Waals surface area contributed by atoms with Gasteiger partial charge in [0.1, 0.15) is 6.04 Å². The Morgan fingerprint density at radius 2 is 2.04 bits per heavy atom. The van der Waals surface area contributed by atoms with E-state index in [0.717, 1.165) is 22.7 Å². The van der Waals surface area contributed by atoms with E-state index in [0.29, 0.717) is 5.92 Å². The third-order valence-electron chi connectivity index (χ3n) is 4.64. The molecule has 0 aliphatic carbocycles. The van der Waals surface area contributed by atoms with Crippen LogP contribution in [0.4, 0.5) is 5.13 Å². The standard InChI is InChI=1S/C21H23N3OS/c1-4-17-12-23-21(26-17)24-18(11-22)20(19(24)13-25)16-9-7-15(8-10-16)6-5-14(2)3/h7-10,12,14,18-20,25H,4,13H2,1-3H3/t18-,19+,20+/m1/s1. The van der Waals surface area contributed by atoms with Gasteiger partial charge in [0.05, 0.1) is 18.7 Å². The number of hydrogen-bond donors (Lipinski definition) is 1. The Bertz CT molecular complexity index is 854. The van der Waals surface area contributed by atoms with Crippen LogP contribution in [0.1, 0.15) is 42.7 Å². The van der Waals surface area contributed by atoms with Gasteiger partial charge < -0.3 is 10.0 Å². The molecule has 1 saturated heterocycles. The maximum Gasteiger partial charge on any atom is 0.186 e. The molecule has 0 spiro atoms. The summed E-state index contributed by atoms with van der Waals surface area (Å²) < 4.78 is 0. The van der Waals surface area contributed by atoms with E-state index in [9.17, 15) is 10.4 Å². The van der Waals surface area contributed by atoms with E-state index < -0.39 is 0 Å². The summed E-state index contributed by atoms with van der Waals surface area (Å²) in [4.78, 5) is 7.60. The first kappa shape index (κ1) is 18.5. The molecular formula is C21H23N3OS. The van der Waals surface area contributed by atoms with Gasteiger partial charge in [0.15, 0.2) is 5.13 Å². The zero-order chi connectivity index (χ0) is 18.7. The molecule has 2 heterocycles. The minimum absolute atomic E-state index is 0.00120. The van der Waals surface area contributed by atoms with Crippen LogP contribution in [0.2, 0.25) is 0 Å². The van der Waals surface area contributed by atoms with Gasteiger partial charge in [-0.1, -0.05) is 44.7 Å². The second-order valence-corrected chi connectivity index (χ2v) is 7.86. The number of aliphatic hydroxyl groups excluding tert-OH is 1. The number of aliphatic hydroxyl groups is 1. The maximum atomic E-state index is 9.93. The molecule has 0 radical (unpaired) electrons. The highest BCUT2D eigenvalue weighted by molar-refractivity contribution is 7.15. The molecule has 0 unspecified atom stereocenters. The Balaban J connectivity index is 1.84. The van der Waals surface area contributed by atoms with E-state index in [1.807, 2.05) is 35.4 Å². The minimum atomic E-state index is -0.310. The van der Waals surface area contributed by atoms with Gasteiger partial charge in [0.2, 0.25) is 0 Å². The van der Waals surface area contributed by atoms with Gasteiger partial charge in [-0.25, -0.2) is 4.98 Å². The number of hydrogen-bond acceptors (Lipinski definition) is 5. The monoisotopic (exact) mass is 365 g/mol. The van der Waals surface area contributed by atoms with Crippen molar-refractivity contribution in [3.8, 4) is 17.9 Å². The number of nitrogens with zero attached hydrogens (tertiary/aromatic N) is 3. The summed E-state index contributed by atoms with van der Waals surface area (Å²) in [6.07, 6.45) is 2.78. The summed E-state index contributed by atoms with van der Waals surface area (Å²) in [6.45, 7) is 6.22. The van der Waals surface area contributed by atoms with Crippen molar-refractivity contribution in [1.29, 1.82) is 5.26 Å². The number of aryl methyl sites for hydroxylation is 1. The first-order chi connectivity index (χ1) is 12.6. The average molecular weight is 366 g/mol. The van der Waals surface area contributed by atoms with Crippen LogP contribution < -0.4 is 4.90 Å². The Hall–Kier alpha value is -2.34. The van der Waals surface area contributed by atoms with Crippen molar-refractivity contribution in [3.05, 3.63) is 46.5 Å². The Morgan fingerprint density at radius 3 is 2.58 bits per heavy atom. The minimum Gasteiger partial charge on any atom is -0.394 e. The predicted molar refractivity (Wildman–Crippen MR) is 105 cm³/mol. The van der Waals surface area contributed by atoms with Gasteiger partial charge in [-0.15, -0.1) is 11.3 Å². The lowest BCUT2D eigenvalue weighted by molar-refractivity contribution is 0.187. The van der Waals surface area contributed by atoms with E-state index in [2.05, 4.69) is 43.7 Å². The summed E-state index contributed by atoms with van der Waals surface area (Å²) >= 11 is 1.60. The molecule has 0 amide bonds. The molecule has 0 bridgehead atoms. The van der Waals surface area contributed by atoms with Crippen molar-refractivity contribution >= 4 is 16.5 Å². The zero-order valence-corrected chi connectivity index (χ0v) is 16.1. The van der Waals surface area contributed by atoms with Crippen LogP contribution in [0.15, 0.2) is 30.5 Å². The SMILES string of the molecule is CCc1cnc(N2[C@H](C#N)[C@H](c3ccc(C#CC(C)C)cc3)[C@@H]2CO)s1. The average Bonchev–Trinajstić information content (AvgIpc) is 3.09. The van der Waals surface area contributed by atoms with Crippen LogP contribution in [0, 0.1) is 29.1 Å². The first-order valence-corrected chi connectivity index (χ1v) is 9.75. The molecule has 1 aliphatic heterocycles. The summed E-state index contributed by atoms with van der Waals surface area (Å²) in [5.41, 5.74) is 2.04. The Kier molecular flexibility index (Phi) is 5.61. The van der Waals surface area contributed by atoms with Gasteiger partial charge in [0.25, 0.3) is 0 Å². The lowest BCUT2D eigenvalue weighted by Gasteiger charge is -2.51. The number of benzene rings is 1. The van der Waals surface area contributed by atoms with E-state index >= 15 is 0 Å². The van der Waals surface area contributed by atoms with E-state index in [-0.39, 0.29) is 24.6 Å². The van der Waals surface area contributed by atoms with Crippen LogP contribution in [0.5, 0.6) is 0 Å². The molecular weight excluding hydrogens is 342 g/mol. The third-order valence-corrected chi connectivity index (χ3v) is 5.80. The quantitative estimate of drug-likeness (QED) is 0.842. The van der Waals surface area contributed by atoms with Crippen LogP contribution >= 0.6 is 11.3 Å². The topological polar surface area (TPSA) is 60.2 Å². The summed E-state index contributed by atoms with van der Waals surface area (Å²) in [5, 5.41) is 20.5. The van der Waals surface area contributed by atoms with Gasteiger partial charge in [-0.3, -0.25) is 0 Å². The number of anilines is 1. The summed E-state index contributed by atoms with van der Waals surface area (Å²) in [5.74, 6) is 6.63. The molecule has 1 aromatic carbocycles. The molecule has 5 heteroatoms. The molecule has 26 heavy (non-hydrogen) atoms. The van der Waals surface area contributed by atoms with Gasteiger partial charge in [0, 0.05) is 28.5 Å². The molecule has 0 saturated carbocycles. The highest BCUT2D eigenvalue weighted by Gasteiger charge is 2.50. The maximum absolute atomic E-state index is 9.93. The van der Waals surface area contributed by atoms with E-state index in [1.165, 1.54) is 4.88 Å². The van der Waals surface area contributed by atoms with E-state index in [1.54, 1.807) is 11.3 Å². The molecule has 1 aliphatic rings. The number of thiazole rings is 1. The fraction of sp³-hybridized carbons (Fsp3) is 0.429. The number of rotatable bonds is 4. The fourth-order valence-electron chi connectivity index (χ4n) is 3.27. The highest BCUT2D eigenvalue weighted by atomic mass is 32.1. The van der Waals surface area contributed by atoms with Crippen LogP contribution in [0.3, 0.4) is 0 Å². The number of aromatic nitrogens is 1. The largest absolute Gasteiger partial charge is 0.394 e. The first-order valence-electron chi connectivity index (χ1n) is 8.94. The lowest BCUT2D eigenvalue weighted by atomic mass is 9.76. The Morgan fingerprint density at radius 1 is 1.31 bits per heavy atom. The smallest absolute Gasteiger partial charge is 0.186 e. The normalized spacial score (nSPS) is 21.7. The third kappa shape index (κ3) is 3.46. The van der Waals surface area contributed by atoms with Gasteiger partial charge >= 0.3 is 0 Å². The van der Waals surface area contributed by atoms with Crippen LogP contribution in [-0.2, 0) is 6.42 Å². The summed E-state index contributed by atoms with van der Waals surface area (Å²) in [6, 6.07) is 10.0. The molecule has 3 rings (SSSR count). The van der Waals surface area contributed by atoms with Crippen molar-refractivity contribution < 1.29 is 5.11 Å². The second-order valence-electron chi connectivity index (χ2n) is 6.77. The predicted octanol–water partition coefficient (Wildman–Crippen LogP) is 3.57. The van der Waals surface area contributed by atoms with Crippen molar-refractivity contribution in [2.75, 3.05) is 11.5 Å². The fourth-order valence-corrected chi connectivity index (χ4v) is 4.21. The van der Waals surface area contributed by atoms with Crippen molar-refractivity contribution in [3.63, 3.8) is 0 Å². The molecule has 3 atom stereocenters. The summed E-state index contributed by atoms with van der Waals surface area (Å²) in [7, 11) is 0.